The molecule has 0 aliphatic carbocycles. The zero-order valence-electron chi connectivity index (χ0n) is 13.7. The Kier molecular flexibility index (Phi) is 4.97. The minimum absolute atomic E-state index is 0.0848. The van der Waals surface area contributed by atoms with E-state index in [1.54, 1.807) is 13.0 Å². The van der Waals surface area contributed by atoms with E-state index >= 15 is 0 Å². The highest BCUT2D eigenvalue weighted by atomic mass is 32.2. The number of carboxylic acids is 1. The smallest absolute Gasteiger partial charge is 0.322 e. The fourth-order valence-electron chi connectivity index (χ4n) is 3.13. The van der Waals surface area contributed by atoms with Crippen molar-refractivity contribution in [1.29, 1.82) is 0 Å². The van der Waals surface area contributed by atoms with Crippen LogP contribution in [0, 0.1) is 0 Å². The molecule has 3 heterocycles. The summed E-state index contributed by atoms with van der Waals surface area (Å²) in [4.78, 5) is 15.0. The minimum Gasteiger partial charge on any atom is -0.480 e. The normalized spacial score (nSPS) is 24.0. The molecule has 1 N–H and O–H groups in total. The van der Waals surface area contributed by atoms with Crippen molar-refractivity contribution in [2.45, 2.75) is 37.4 Å². The van der Waals surface area contributed by atoms with Crippen LogP contribution in [0.15, 0.2) is 11.0 Å². The summed E-state index contributed by atoms with van der Waals surface area (Å²) in [5.41, 5.74) is 0. The standard InChI is InChI=1S/C14H20N2O6S3/c1-2-11(14(17)18)16-9-12-13(25(16,21)22)7-10(23-12)8-15-3-5-24(19,20)6-4-15/h7,11H,2-6,8-9H2,1H3,(H,17,18). The molecule has 0 radical (unpaired) electrons. The van der Waals surface area contributed by atoms with Gasteiger partial charge in [0, 0.05) is 29.4 Å². The van der Waals surface area contributed by atoms with Gasteiger partial charge in [-0.05, 0) is 12.5 Å². The first-order valence-corrected chi connectivity index (χ1v) is 12.0. The predicted octanol–water partition coefficient (Wildman–Crippen LogP) is 0.346. The topological polar surface area (TPSA) is 112 Å². The lowest BCUT2D eigenvalue weighted by molar-refractivity contribution is -0.141. The number of carboxylic acid groups (broad SMARTS) is 1. The fraction of sp³-hybridized carbons (Fsp3) is 0.643. The lowest BCUT2D eigenvalue weighted by Gasteiger charge is -2.26. The Bertz CT molecular complexity index is 876. The first kappa shape index (κ1) is 18.8. The van der Waals surface area contributed by atoms with Gasteiger partial charge >= 0.3 is 5.97 Å². The van der Waals surface area contributed by atoms with Crippen molar-refractivity contribution in [3.05, 3.63) is 15.8 Å². The van der Waals surface area contributed by atoms with Gasteiger partial charge in [-0.3, -0.25) is 9.69 Å². The third-order valence-corrected chi connectivity index (χ3v) is 9.31. The van der Waals surface area contributed by atoms with Gasteiger partial charge in [-0.2, -0.15) is 4.31 Å². The maximum absolute atomic E-state index is 12.7. The molecule has 11 heteroatoms. The third-order valence-electron chi connectivity index (χ3n) is 4.54. The summed E-state index contributed by atoms with van der Waals surface area (Å²) >= 11 is 1.36. The van der Waals surface area contributed by atoms with Crippen molar-refractivity contribution in [2.75, 3.05) is 24.6 Å². The average molecular weight is 409 g/mol. The van der Waals surface area contributed by atoms with E-state index in [0.29, 0.717) is 24.5 Å². The van der Waals surface area contributed by atoms with Crippen molar-refractivity contribution in [3.8, 4) is 0 Å². The molecule has 1 aromatic heterocycles. The highest BCUT2D eigenvalue weighted by Crippen LogP contribution is 2.38. The molecule has 1 atom stereocenters. The molecule has 0 spiro atoms. The summed E-state index contributed by atoms with van der Waals surface area (Å²) in [5.74, 6) is -0.891. The van der Waals surface area contributed by atoms with Gasteiger partial charge < -0.3 is 5.11 Å². The Hall–Kier alpha value is -1.01. The van der Waals surface area contributed by atoms with Gasteiger partial charge in [0.2, 0.25) is 10.0 Å². The highest BCUT2D eigenvalue weighted by molar-refractivity contribution is 7.91. The summed E-state index contributed by atoms with van der Waals surface area (Å²) in [5, 5.41) is 9.24. The molecule has 2 aliphatic heterocycles. The van der Waals surface area contributed by atoms with Crippen molar-refractivity contribution < 1.29 is 26.7 Å². The van der Waals surface area contributed by atoms with Crippen LogP contribution in [-0.2, 0) is 37.7 Å². The van der Waals surface area contributed by atoms with E-state index in [4.69, 9.17) is 0 Å². The van der Waals surface area contributed by atoms with E-state index in [1.165, 1.54) is 11.3 Å². The lowest BCUT2D eigenvalue weighted by atomic mass is 10.2. The zero-order chi connectivity index (χ0) is 18.4. The largest absolute Gasteiger partial charge is 0.480 e. The number of aliphatic carboxylic acids is 1. The van der Waals surface area contributed by atoms with E-state index in [9.17, 15) is 26.7 Å². The molecule has 1 unspecified atom stereocenters. The van der Waals surface area contributed by atoms with Crippen LogP contribution in [0.2, 0.25) is 0 Å². The SMILES string of the molecule is CCC(C(=O)O)N1Cc2sc(CN3CCS(=O)(=O)CC3)cc2S1(=O)=O. The molecule has 3 rings (SSSR count). The molecule has 0 saturated carbocycles. The number of rotatable bonds is 5. The van der Waals surface area contributed by atoms with Gasteiger partial charge in [-0.15, -0.1) is 11.3 Å². The number of hydrogen-bond acceptors (Lipinski definition) is 7. The van der Waals surface area contributed by atoms with Crippen LogP contribution in [0.4, 0.5) is 0 Å². The first-order chi connectivity index (χ1) is 11.6. The number of carbonyl (C=O) groups is 1. The second-order valence-electron chi connectivity index (χ2n) is 6.24. The summed E-state index contributed by atoms with van der Waals surface area (Å²) < 4.78 is 49.3. The molecule has 2 aliphatic rings. The van der Waals surface area contributed by atoms with Gasteiger partial charge in [0.15, 0.2) is 9.84 Å². The molecule has 1 fully saturated rings. The number of thiophene rings is 1. The molecule has 0 amide bonds. The maximum atomic E-state index is 12.7. The third kappa shape index (κ3) is 3.61. The summed E-state index contributed by atoms with van der Waals surface area (Å²) in [7, 11) is -6.74. The van der Waals surface area contributed by atoms with Crippen LogP contribution in [0.3, 0.4) is 0 Å². The molecular weight excluding hydrogens is 388 g/mol. The Morgan fingerprint density at radius 1 is 1.28 bits per heavy atom. The van der Waals surface area contributed by atoms with Gasteiger partial charge in [0.1, 0.15) is 6.04 Å². The molecule has 8 nitrogen and oxygen atoms in total. The molecular formula is C14H20N2O6S3. The van der Waals surface area contributed by atoms with E-state index in [1.807, 2.05) is 4.90 Å². The Morgan fingerprint density at radius 3 is 2.44 bits per heavy atom. The van der Waals surface area contributed by atoms with Crippen molar-refractivity contribution in [3.63, 3.8) is 0 Å². The molecule has 0 bridgehead atoms. The Balaban J connectivity index is 1.76. The second kappa shape index (κ2) is 6.62. The van der Waals surface area contributed by atoms with Crippen LogP contribution in [-0.4, -0.2) is 67.8 Å². The number of fused-ring (bicyclic) bond motifs is 1. The average Bonchev–Trinajstić information content (AvgIpc) is 3.01. The highest BCUT2D eigenvalue weighted by Gasteiger charge is 2.43. The Labute approximate surface area is 151 Å². The van der Waals surface area contributed by atoms with Gasteiger partial charge in [-0.1, -0.05) is 6.92 Å². The van der Waals surface area contributed by atoms with Crippen LogP contribution in [0.1, 0.15) is 23.1 Å². The number of sulfone groups is 1. The number of nitrogens with zero attached hydrogens (tertiary/aromatic N) is 2. The lowest BCUT2D eigenvalue weighted by Crippen LogP contribution is -2.41. The van der Waals surface area contributed by atoms with Gasteiger partial charge in [0.25, 0.3) is 0 Å². The summed E-state index contributed by atoms with van der Waals surface area (Å²) in [6.07, 6.45) is 0.207. The molecule has 1 aromatic rings. The molecule has 140 valence electrons. The van der Waals surface area contributed by atoms with Gasteiger partial charge in [-0.25, -0.2) is 16.8 Å². The molecule has 0 aromatic carbocycles. The van der Waals surface area contributed by atoms with Crippen molar-refractivity contribution in [1.82, 2.24) is 9.21 Å². The number of sulfonamides is 1. The summed E-state index contributed by atoms with van der Waals surface area (Å²) in [6.45, 7) is 3.14. The van der Waals surface area contributed by atoms with Crippen LogP contribution in [0.25, 0.3) is 0 Å². The molecule has 25 heavy (non-hydrogen) atoms. The minimum atomic E-state index is -3.79. The van der Waals surface area contributed by atoms with Crippen molar-refractivity contribution in [2.24, 2.45) is 0 Å². The van der Waals surface area contributed by atoms with Crippen LogP contribution >= 0.6 is 11.3 Å². The quantitative estimate of drug-likeness (QED) is 0.748. The van der Waals surface area contributed by atoms with E-state index in [2.05, 4.69) is 0 Å². The monoisotopic (exact) mass is 408 g/mol. The first-order valence-electron chi connectivity index (χ1n) is 7.93. The summed E-state index contributed by atoms with van der Waals surface area (Å²) in [6, 6.07) is 0.549. The predicted molar refractivity (Wildman–Crippen MR) is 92.7 cm³/mol. The maximum Gasteiger partial charge on any atom is 0.322 e. The number of hydrogen-bond donors (Lipinski definition) is 1. The van der Waals surface area contributed by atoms with E-state index in [-0.39, 0.29) is 29.4 Å². The second-order valence-corrected chi connectivity index (χ2v) is 11.6. The molecule has 1 saturated heterocycles. The van der Waals surface area contributed by atoms with Gasteiger partial charge in [0.05, 0.1) is 22.9 Å². The van der Waals surface area contributed by atoms with E-state index < -0.39 is 31.9 Å². The zero-order valence-corrected chi connectivity index (χ0v) is 16.2. The fourth-order valence-corrected chi connectivity index (χ4v) is 7.88. The van der Waals surface area contributed by atoms with E-state index in [0.717, 1.165) is 9.18 Å². The van der Waals surface area contributed by atoms with Crippen LogP contribution < -0.4 is 0 Å². The van der Waals surface area contributed by atoms with Crippen molar-refractivity contribution >= 4 is 37.2 Å². The Morgan fingerprint density at radius 2 is 1.92 bits per heavy atom. The van der Waals surface area contributed by atoms with Crippen LogP contribution in [0.5, 0.6) is 0 Å².